The molecule has 0 amide bonds. The van der Waals surface area contributed by atoms with Crippen molar-refractivity contribution >= 4 is 11.9 Å². The second kappa shape index (κ2) is 6.91. The van der Waals surface area contributed by atoms with Crippen molar-refractivity contribution in [3.8, 4) is 11.5 Å². The summed E-state index contributed by atoms with van der Waals surface area (Å²) in [6.07, 6.45) is 0. The summed E-state index contributed by atoms with van der Waals surface area (Å²) in [5, 5.41) is 18.1. The topological polar surface area (TPSA) is 136 Å². The van der Waals surface area contributed by atoms with E-state index in [4.69, 9.17) is 26.4 Å². The van der Waals surface area contributed by atoms with E-state index >= 15 is 0 Å². The van der Waals surface area contributed by atoms with Crippen LogP contribution < -0.4 is 16.2 Å². The van der Waals surface area contributed by atoms with Gasteiger partial charge in [0, 0.05) is 24.2 Å². The third-order valence-corrected chi connectivity index (χ3v) is 3.29. The molecule has 2 aromatic rings. The molecule has 0 aliphatic carbocycles. The Kier molecular flexibility index (Phi) is 4.95. The predicted octanol–water partition coefficient (Wildman–Crippen LogP) is 1.79. The van der Waals surface area contributed by atoms with E-state index in [2.05, 4.69) is 0 Å². The number of benzene rings is 2. The van der Waals surface area contributed by atoms with Crippen LogP contribution in [0.15, 0.2) is 36.4 Å². The number of nitrogens with two attached hydrogens (primary N) is 2. The van der Waals surface area contributed by atoms with Gasteiger partial charge in [-0.05, 0) is 24.3 Å². The summed E-state index contributed by atoms with van der Waals surface area (Å²) in [5.74, 6) is -1.69. The number of carboxylic acid groups (broad SMARTS) is 2. The third kappa shape index (κ3) is 3.65. The van der Waals surface area contributed by atoms with Gasteiger partial charge < -0.3 is 26.4 Å². The van der Waals surface area contributed by atoms with Crippen LogP contribution in [0.5, 0.6) is 11.5 Å². The van der Waals surface area contributed by atoms with Crippen molar-refractivity contribution in [1.82, 2.24) is 0 Å². The maximum atomic E-state index is 11.1. The fourth-order valence-corrected chi connectivity index (χ4v) is 2.02. The molecule has 0 aromatic heterocycles. The molecule has 0 spiro atoms. The molecule has 23 heavy (non-hydrogen) atoms. The number of carbonyl (C=O) groups is 2. The number of hydrogen-bond acceptors (Lipinski definition) is 5. The van der Waals surface area contributed by atoms with Crippen LogP contribution in [-0.2, 0) is 13.1 Å². The van der Waals surface area contributed by atoms with Gasteiger partial charge in [0.25, 0.3) is 0 Å². The lowest BCUT2D eigenvalue weighted by Crippen LogP contribution is -2.06. The smallest absolute Gasteiger partial charge is 0.335 e. The van der Waals surface area contributed by atoms with Gasteiger partial charge in [-0.2, -0.15) is 0 Å². The lowest BCUT2D eigenvalue weighted by Gasteiger charge is -2.14. The maximum Gasteiger partial charge on any atom is 0.335 e. The molecule has 6 N–H and O–H groups in total. The van der Waals surface area contributed by atoms with Crippen molar-refractivity contribution in [1.29, 1.82) is 0 Å². The largest absolute Gasteiger partial charge is 0.478 e. The van der Waals surface area contributed by atoms with Crippen molar-refractivity contribution in [2.45, 2.75) is 13.1 Å². The first-order chi connectivity index (χ1) is 11.0. The fraction of sp³-hybridized carbons (Fsp3) is 0.125. The normalized spacial score (nSPS) is 10.3. The van der Waals surface area contributed by atoms with Crippen LogP contribution in [0.1, 0.15) is 31.8 Å². The molecule has 2 rings (SSSR count). The summed E-state index contributed by atoms with van der Waals surface area (Å²) in [7, 11) is 0. The van der Waals surface area contributed by atoms with E-state index in [1.165, 1.54) is 24.3 Å². The standard InChI is InChI=1S/C16H16N2O5/c17-7-11-3-1-9(15(19)20)5-13(11)23-14-6-10(16(21)22)2-4-12(14)8-18/h1-6H,7-8,17-18H2,(H,19,20)(H,21,22). The highest BCUT2D eigenvalue weighted by Gasteiger charge is 2.13. The van der Waals surface area contributed by atoms with Crippen LogP contribution in [0.4, 0.5) is 0 Å². The summed E-state index contributed by atoms with van der Waals surface area (Å²) in [6.45, 7) is 0.289. The molecule has 0 radical (unpaired) electrons. The molecule has 0 unspecified atom stereocenters. The van der Waals surface area contributed by atoms with E-state index in [0.717, 1.165) is 0 Å². The predicted molar refractivity (Wildman–Crippen MR) is 82.7 cm³/mol. The molecule has 0 atom stereocenters. The van der Waals surface area contributed by atoms with E-state index in [9.17, 15) is 9.59 Å². The molecular weight excluding hydrogens is 300 g/mol. The van der Waals surface area contributed by atoms with Gasteiger partial charge in [-0.1, -0.05) is 12.1 Å². The highest BCUT2D eigenvalue weighted by Crippen LogP contribution is 2.30. The van der Waals surface area contributed by atoms with E-state index in [1.807, 2.05) is 0 Å². The Labute approximate surface area is 132 Å². The van der Waals surface area contributed by atoms with Crippen LogP contribution >= 0.6 is 0 Å². The molecule has 7 nitrogen and oxygen atoms in total. The Morgan fingerprint density at radius 1 is 0.826 bits per heavy atom. The Morgan fingerprint density at radius 3 is 1.52 bits per heavy atom. The Balaban J connectivity index is 2.48. The van der Waals surface area contributed by atoms with Gasteiger partial charge in [0.15, 0.2) is 0 Å². The number of hydrogen-bond donors (Lipinski definition) is 4. The number of ether oxygens (including phenoxy) is 1. The Hall–Kier alpha value is -2.90. The fourth-order valence-electron chi connectivity index (χ4n) is 2.02. The van der Waals surface area contributed by atoms with Gasteiger partial charge in [0.05, 0.1) is 11.1 Å². The molecule has 120 valence electrons. The summed E-state index contributed by atoms with van der Waals surface area (Å²) in [4.78, 5) is 22.2. The quantitative estimate of drug-likeness (QED) is 0.637. The van der Waals surface area contributed by atoms with Crippen molar-refractivity contribution in [2.24, 2.45) is 11.5 Å². The molecule has 0 aliphatic heterocycles. The lowest BCUT2D eigenvalue weighted by molar-refractivity contribution is 0.0686. The average molecular weight is 316 g/mol. The number of rotatable bonds is 6. The van der Waals surface area contributed by atoms with E-state index < -0.39 is 11.9 Å². The first-order valence-electron chi connectivity index (χ1n) is 6.76. The molecule has 7 heteroatoms. The van der Waals surface area contributed by atoms with Gasteiger partial charge in [-0.25, -0.2) is 9.59 Å². The zero-order valence-electron chi connectivity index (χ0n) is 12.2. The van der Waals surface area contributed by atoms with Gasteiger partial charge in [-0.15, -0.1) is 0 Å². The summed E-state index contributed by atoms with van der Waals surface area (Å²) in [5.41, 5.74) is 12.5. The zero-order valence-corrected chi connectivity index (χ0v) is 12.2. The highest BCUT2D eigenvalue weighted by atomic mass is 16.5. The van der Waals surface area contributed by atoms with Crippen molar-refractivity contribution in [3.63, 3.8) is 0 Å². The van der Waals surface area contributed by atoms with Gasteiger partial charge in [-0.3, -0.25) is 0 Å². The molecule has 0 aliphatic rings. The minimum absolute atomic E-state index is 0.0425. The first kappa shape index (κ1) is 16.5. The van der Waals surface area contributed by atoms with Crippen LogP contribution in [0, 0.1) is 0 Å². The molecule has 0 saturated heterocycles. The van der Waals surface area contributed by atoms with Crippen LogP contribution in [0.3, 0.4) is 0 Å². The second-order valence-electron chi connectivity index (χ2n) is 4.77. The summed E-state index contributed by atoms with van der Waals surface area (Å²) >= 11 is 0. The van der Waals surface area contributed by atoms with Crippen molar-refractivity contribution in [2.75, 3.05) is 0 Å². The molecule has 0 saturated carbocycles. The minimum Gasteiger partial charge on any atom is -0.478 e. The maximum absolute atomic E-state index is 11.1. The van der Waals surface area contributed by atoms with E-state index in [0.29, 0.717) is 11.1 Å². The van der Waals surface area contributed by atoms with Crippen LogP contribution in [-0.4, -0.2) is 22.2 Å². The van der Waals surface area contributed by atoms with E-state index in [-0.39, 0.29) is 35.7 Å². The molecular formula is C16H16N2O5. The Bertz CT molecular complexity index is 695. The lowest BCUT2D eigenvalue weighted by atomic mass is 10.1. The SMILES string of the molecule is NCc1ccc(C(=O)O)cc1Oc1cc(C(=O)O)ccc1CN. The highest BCUT2D eigenvalue weighted by molar-refractivity contribution is 5.89. The van der Waals surface area contributed by atoms with Gasteiger partial charge >= 0.3 is 11.9 Å². The molecule has 0 bridgehead atoms. The third-order valence-electron chi connectivity index (χ3n) is 3.29. The average Bonchev–Trinajstić information content (AvgIpc) is 2.54. The molecule has 0 fully saturated rings. The Morgan fingerprint density at radius 2 is 1.22 bits per heavy atom. The zero-order chi connectivity index (χ0) is 17.0. The molecule has 2 aromatic carbocycles. The number of carboxylic acids is 2. The minimum atomic E-state index is -1.10. The summed E-state index contributed by atoms with van der Waals surface area (Å²) < 4.78 is 5.72. The van der Waals surface area contributed by atoms with Crippen molar-refractivity contribution in [3.05, 3.63) is 58.7 Å². The summed E-state index contributed by atoms with van der Waals surface area (Å²) in [6, 6.07) is 8.66. The molecule has 0 heterocycles. The van der Waals surface area contributed by atoms with Crippen LogP contribution in [0.25, 0.3) is 0 Å². The van der Waals surface area contributed by atoms with E-state index in [1.54, 1.807) is 12.1 Å². The monoisotopic (exact) mass is 316 g/mol. The second-order valence-corrected chi connectivity index (χ2v) is 4.77. The van der Waals surface area contributed by atoms with Crippen LogP contribution in [0.2, 0.25) is 0 Å². The number of aromatic carboxylic acids is 2. The van der Waals surface area contributed by atoms with Gasteiger partial charge in [0.2, 0.25) is 0 Å². The first-order valence-corrected chi connectivity index (χ1v) is 6.76. The van der Waals surface area contributed by atoms with Crippen molar-refractivity contribution < 1.29 is 24.5 Å². The van der Waals surface area contributed by atoms with Gasteiger partial charge in [0.1, 0.15) is 11.5 Å².